The Morgan fingerprint density at radius 3 is 2.29 bits per heavy atom. The molecule has 0 radical (unpaired) electrons. The zero-order valence-electron chi connectivity index (χ0n) is 16.8. The van der Waals surface area contributed by atoms with Gasteiger partial charge in [0.25, 0.3) is 10.0 Å². The lowest BCUT2D eigenvalue weighted by atomic mass is 9.50. The maximum absolute atomic E-state index is 12.2. The van der Waals surface area contributed by atoms with E-state index in [9.17, 15) is 18.3 Å². The molecule has 1 aromatic rings. The van der Waals surface area contributed by atoms with Crippen LogP contribution in [0.25, 0.3) is 0 Å². The fraction of sp³-hybridized carbons (Fsp3) is 0.600. The third-order valence-electron chi connectivity index (χ3n) is 5.81. The number of benzene rings is 1. The molecule has 0 aromatic heterocycles. The van der Waals surface area contributed by atoms with E-state index in [-0.39, 0.29) is 22.3 Å². The van der Waals surface area contributed by atoms with E-state index < -0.39 is 21.7 Å². The van der Waals surface area contributed by atoms with Crippen molar-refractivity contribution in [3.63, 3.8) is 0 Å². The molecule has 154 valence electrons. The predicted octanol–water partition coefficient (Wildman–Crippen LogP) is 3.60. The minimum Gasteiger partial charge on any atom is -0.465 e. The average Bonchev–Trinajstić information content (AvgIpc) is 2.48. The quantitative estimate of drug-likeness (QED) is 0.575. The summed E-state index contributed by atoms with van der Waals surface area (Å²) in [7, 11) is -3.64. The summed E-state index contributed by atoms with van der Waals surface area (Å²) in [6, 6.07) is 6.68. The van der Waals surface area contributed by atoms with Crippen LogP contribution in [0.3, 0.4) is 0 Å². The third-order valence-corrected chi connectivity index (χ3v) is 7.05. The first kappa shape index (κ1) is 20.6. The molecule has 28 heavy (non-hydrogen) atoms. The summed E-state index contributed by atoms with van der Waals surface area (Å²) in [5.41, 5.74) is 0.779. The molecule has 1 amide bonds. The molecular formula is C20H29N3O4S. The Labute approximate surface area is 166 Å². The Morgan fingerprint density at radius 1 is 1.21 bits per heavy atom. The van der Waals surface area contributed by atoms with Gasteiger partial charge in [0.1, 0.15) is 0 Å². The molecule has 0 atom stereocenters. The van der Waals surface area contributed by atoms with E-state index in [4.69, 9.17) is 0 Å². The van der Waals surface area contributed by atoms with Crippen LogP contribution in [0.2, 0.25) is 0 Å². The maximum Gasteiger partial charge on any atom is 0.407 e. The molecule has 0 aliphatic heterocycles. The van der Waals surface area contributed by atoms with Gasteiger partial charge in [0.15, 0.2) is 0 Å². The van der Waals surface area contributed by atoms with Crippen LogP contribution in [0.1, 0.15) is 52.0 Å². The third kappa shape index (κ3) is 4.16. The Balaban J connectivity index is 1.49. The van der Waals surface area contributed by atoms with E-state index in [1.54, 1.807) is 35.4 Å². The highest BCUT2D eigenvalue weighted by Crippen LogP contribution is 2.60. The largest absolute Gasteiger partial charge is 0.465 e. The molecule has 7 nitrogen and oxygen atoms in total. The number of carboxylic acid groups (broad SMARTS) is 1. The second-order valence-electron chi connectivity index (χ2n) is 9.24. The van der Waals surface area contributed by atoms with E-state index in [0.29, 0.717) is 0 Å². The molecule has 2 N–H and O–H groups in total. The van der Waals surface area contributed by atoms with Gasteiger partial charge in [-0.15, -0.1) is 0 Å². The topological polar surface area (TPSA) is 99.1 Å². The smallest absolute Gasteiger partial charge is 0.407 e. The van der Waals surface area contributed by atoms with Gasteiger partial charge in [0, 0.05) is 17.8 Å². The first-order valence-electron chi connectivity index (χ1n) is 9.56. The van der Waals surface area contributed by atoms with Gasteiger partial charge in [-0.3, -0.25) is 0 Å². The van der Waals surface area contributed by atoms with E-state index in [1.165, 1.54) is 0 Å². The lowest BCUT2D eigenvalue weighted by Gasteiger charge is -2.60. The SMILES string of the molecule is Cc1ccc(S(=O)(=O)NN=CC2CC3(C2)CC(N(C(=O)O)C(C)(C)C)C3)cc1. The summed E-state index contributed by atoms with van der Waals surface area (Å²) in [5.74, 6) is 0.231. The fourth-order valence-electron chi connectivity index (χ4n) is 4.58. The van der Waals surface area contributed by atoms with Gasteiger partial charge in [-0.05, 0) is 76.8 Å². The van der Waals surface area contributed by atoms with Crippen LogP contribution in [-0.2, 0) is 10.0 Å². The number of hydrogen-bond acceptors (Lipinski definition) is 4. The summed E-state index contributed by atoms with van der Waals surface area (Å²) < 4.78 is 24.4. The van der Waals surface area contributed by atoms with Crippen molar-refractivity contribution >= 4 is 22.3 Å². The zero-order chi connectivity index (χ0) is 20.7. The molecule has 2 fully saturated rings. The van der Waals surface area contributed by atoms with Crippen molar-refractivity contribution in [1.82, 2.24) is 9.73 Å². The first-order chi connectivity index (χ1) is 12.9. The van der Waals surface area contributed by atoms with Crippen LogP contribution in [0.4, 0.5) is 4.79 Å². The van der Waals surface area contributed by atoms with Gasteiger partial charge < -0.3 is 10.0 Å². The first-order valence-corrected chi connectivity index (χ1v) is 11.0. The van der Waals surface area contributed by atoms with E-state index in [0.717, 1.165) is 31.2 Å². The minimum atomic E-state index is -3.64. The highest BCUT2D eigenvalue weighted by molar-refractivity contribution is 7.89. The number of amides is 1. The molecule has 0 saturated heterocycles. The molecule has 2 saturated carbocycles. The molecule has 1 spiro atoms. The monoisotopic (exact) mass is 407 g/mol. The van der Waals surface area contributed by atoms with Crippen molar-refractivity contribution in [2.75, 3.05) is 0 Å². The normalized spacial score (nSPS) is 27.3. The van der Waals surface area contributed by atoms with Crippen molar-refractivity contribution in [3.05, 3.63) is 29.8 Å². The molecule has 2 aliphatic rings. The number of aryl methyl sites for hydroxylation is 1. The highest BCUT2D eigenvalue weighted by Gasteiger charge is 2.55. The van der Waals surface area contributed by atoms with Gasteiger partial charge in [0.05, 0.1) is 4.90 Å². The number of rotatable bonds is 5. The number of carbonyl (C=O) groups is 1. The summed E-state index contributed by atoms with van der Waals surface area (Å²) >= 11 is 0. The molecular weight excluding hydrogens is 378 g/mol. The summed E-state index contributed by atoms with van der Waals surface area (Å²) in [6.45, 7) is 7.66. The van der Waals surface area contributed by atoms with E-state index in [1.807, 2.05) is 27.7 Å². The number of hydrogen-bond donors (Lipinski definition) is 2. The second-order valence-corrected chi connectivity index (χ2v) is 10.9. The molecule has 0 unspecified atom stereocenters. The molecule has 2 aliphatic carbocycles. The molecule has 1 aromatic carbocycles. The highest BCUT2D eigenvalue weighted by atomic mass is 32.2. The fourth-order valence-corrected chi connectivity index (χ4v) is 5.38. The second kappa shape index (κ2) is 7.06. The zero-order valence-corrected chi connectivity index (χ0v) is 17.7. The number of sulfonamides is 1. The Hall–Kier alpha value is -2.09. The molecule has 8 heteroatoms. The van der Waals surface area contributed by atoms with Crippen LogP contribution >= 0.6 is 0 Å². The predicted molar refractivity (Wildman–Crippen MR) is 108 cm³/mol. The number of hydrazone groups is 1. The Bertz CT molecular complexity index is 858. The number of nitrogens with one attached hydrogen (secondary N) is 1. The van der Waals surface area contributed by atoms with Crippen molar-refractivity contribution in [1.29, 1.82) is 0 Å². The average molecular weight is 408 g/mol. The van der Waals surface area contributed by atoms with Crippen LogP contribution < -0.4 is 4.83 Å². The van der Waals surface area contributed by atoms with Crippen LogP contribution in [0.15, 0.2) is 34.3 Å². The van der Waals surface area contributed by atoms with E-state index in [2.05, 4.69) is 9.93 Å². The van der Waals surface area contributed by atoms with Gasteiger partial charge in [0.2, 0.25) is 0 Å². The molecule has 3 rings (SSSR count). The summed E-state index contributed by atoms with van der Waals surface area (Å²) in [6.07, 6.45) is 4.40. The van der Waals surface area contributed by atoms with E-state index >= 15 is 0 Å². The Morgan fingerprint density at radius 2 is 1.79 bits per heavy atom. The minimum absolute atomic E-state index is 0.0652. The van der Waals surface area contributed by atoms with Crippen molar-refractivity contribution in [3.8, 4) is 0 Å². The summed E-state index contributed by atoms with van der Waals surface area (Å²) in [5, 5.41) is 13.4. The lowest BCUT2D eigenvalue weighted by molar-refractivity contribution is -0.0829. The van der Waals surface area contributed by atoms with Crippen molar-refractivity contribution in [2.45, 2.75) is 69.9 Å². The standard InChI is InChI=1S/C20H29N3O4S/c1-14-5-7-17(8-6-14)28(26,27)22-21-13-15-9-20(10-15)11-16(12-20)23(18(24)25)19(2,3)4/h5-8,13,15-16,22H,9-12H2,1-4H3,(H,24,25). The van der Waals surface area contributed by atoms with Crippen molar-refractivity contribution in [2.24, 2.45) is 16.4 Å². The lowest BCUT2D eigenvalue weighted by Crippen LogP contribution is -2.62. The van der Waals surface area contributed by atoms with Crippen molar-refractivity contribution < 1.29 is 18.3 Å². The van der Waals surface area contributed by atoms with Gasteiger partial charge in [-0.1, -0.05) is 17.7 Å². The summed E-state index contributed by atoms with van der Waals surface area (Å²) in [4.78, 5) is 15.6. The molecule has 0 heterocycles. The molecule has 0 bridgehead atoms. The van der Waals surface area contributed by atoms with Gasteiger partial charge in [-0.25, -0.2) is 9.63 Å². The van der Waals surface area contributed by atoms with Crippen LogP contribution in [0.5, 0.6) is 0 Å². The number of nitrogens with zero attached hydrogens (tertiary/aromatic N) is 2. The Kier molecular flexibility index (Phi) is 5.20. The van der Waals surface area contributed by atoms with Crippen LogP contribution in [0, 0.1) is 18.3 Å². The van der Waals surface area contributed by atoms with Gasteiger partial charge in [-0.2, -0.15) is 13.5 Å². The van der Waals surface area contributed by atoms with Gasteiger partial charge >= 0.3 is 6.09 Å². The maximum atomic E-state index is 12.2. The van der Waals surface area contributed by atoms with Crippen LogP contribution in [-0.4, -0.2) is 42.3 Å².